The monoisotopic (exact) mass is 388 g/mol. The highest BCUT2D eigenvalue weighted by molar-refractivity contribution is 6.31. The Bertz CT molecular complexity index is 835. The Morgan fingerprint density at radius 2 is 2.04 bits per heavy atom. The van der Waals surface area contributed by atoms with Crippen molar-refractivity contribution in [1.29, 1.82) is 0 Å². The number of nitrogens with zero attached hydrogens (tertiary/aromatic N) is 2. The number of anilines is 1. The summed E-state index contributed by atoms with van der Waals surface area (Å²) in [4.78, 5) is 25.5. The number of halogens is 1. The predicted molar refractivity (Wildman–Crippen MR) is 105 cm³/mol. The second kappa shape index (κ2) is 8.83. The lowest BCUT2D eigenvalue weighted by Crippen LogP contribution is -2.34. The first-order valence-corrected chi connectivity index (χ1v) is 9.20. The summed E-state index contributed by atoms with van der Waals surface area (Å²) in [6.07, 6.45) is 0.866. The molecule has 27 heavy (non-hydrogen) atoms. The van der Waals surface area contributed by atoms with E-state index in [0.717, 1.165) is 25.1 Å². The van der Waals surface area contributed by atoms with E-state index in [1.165, 1.54) is 6.07 Å². The Labute approximate surface area is 162 Å². The fourth-order valence-corrected chi connectivity index (χ4v) is 3.23. The van der Waals surface area contributed by atoms with Crippen LogP contribution in [-0.2, 0) is 6.54 Å². The molecule has 3 rings (SSSR count). The van der Waals surface area contributed by atoms with Gasteiger partial charge in [-0.25, -0.2) is 0 Å². The van der Waals surface area contributed by atoms with E-state index in [9.17, 15) is 14.9 Å². The maximum atomic E-state index is 12.7. The largest absolute Gasteiger partial charge is 0.375 e. The van der Waals surface area contributed by atoms with E-state index in [1.807, 2.05) is 18.2 Å². The maximum absolute atomic E-state index is 12.7. The third-order valence-electron chi connectivity index (χ3n) is 4.50. The molecular formula is C19H21ClN4O3. The molecule has 2 aromatic carbocycles. The van der Waals surface area contributed by atoms with Gasteiger partial charge in [-0.05, 0) is 36.7 Å². The summed E-state index contributed by atoms with van der Waals surface area (Å²) in [7, 11) is 0. The van der Waals surface area contributed by atoms with Gasteiger partial charge in [0.1, 0.15) is 5.69 Å². The van der Waals surface area contributed by atoms with Gasteiger partial charge in [-0.2, -0.15) is 0 Å². The van der Waals surface area contributed by atoms with E-state index in [0.29, 0.717) is 35.9 Å². The van der Waals surface area contributed by atoms with E-state index >= 15 is 0 Å². The summed E-state index contributed by atoms with van der Waals surface area (Å²) in [5.41, 5.74) is 1.40. The van der Waals surface area contributed by atoms with Crippen molar-refractivity contribution in [3.8, 4) is 0 Å². The molecular weight excluding hydrogens is 368 g/mol. The summed E-state index contributed by atoms with van der Waals surface area (Å²) in [6.45, 7) is 3.19. The molecule has 1 heterocycles. The van der Waals surface area contributed by atoms with Crippen LogP contribution in [-0.4, -0.2) is 41.9 Å². The van der Waals surface area contributed by atoms with Gasteiger partial charge in [0, 0.05) is 42.8 Å². The lowest BCUT2D eigenvalue weighted by Gasteiger charge is -2.20. The smallest absolute Gasteiger partial charge is 0.293 e. The molecule has 1 saturated heterocycles. The Balaban J connectivity index is 1.79. The van der Waals surface area contributed by atoms with Crippen LogP contribution in [0.5, 0.6) is 0 Å². The minimum atomic E-state index is -0.476. The van der Waals surface area contributed by atoms with Crippen molar-refractivity contribution in [2.45, 2.75) is 13.0 Å². The zero-order chi connectivity index (χ0) is 19.2. The van der Waals surface area contributed by atoms with Crippen molar-refractivity contribution in [3.05, 3.63) is 68.7 Å². The second-order valence-corrected chi connectivity index (χ2v) is 6.74. The number of hydrogen-bond donors (Lipinski definition) is 2. The Morgan fingerprint density at radius 3 is 2.81 bits per heavy atom. The maximum Gasteiger partial charge on any atom is 0.293 e. The van der Waals surface area contributed by atoms with Gasteiger partial charge in [-0.15, -0.1) is 0 Å². The molecule has 142 valence electrons. The highest BCUT2D eigenvalue weighted by Gasteiger charge is 2.22. The van der Waals surface area contributed by atoms with Crippen LogP contribution < -0.4 is 10.6 Å². The van der Waals surface area contributed by atoms with E-state index < -0.39 is 4.92 Å². The number of rotatable bonds is 5. The van der Waals surface area contributed by atoms with Gasteiger partial charge in [0.15, 0.2) is 0 Å². The lowest BCUT2D eigenvalue weighted by atomic mass is 10.1. The Morgan fingerprint density at radius 1 is 1.22 bits per heavy atom. The van der Waals surface area contributed by atoms with Crippen LogP contribution in [0.15, 0.2) is 42.5 Å². The quantitative estimate of drug-likeness (QED) is 0.606. The predicted octanol–water partition coefficient (Wildman–Crippen LogP) is 3.30. The molecule has 0 aromatic heterocycles. The molecule has 1 fully saturated rings. The molecule has 0 saturated carbocycles. The summed E-state index contributed by atoms with van der Waals surface area (Å²) in [5.74, 6) is -0.181. The summed E-state index contributed by atoms with van der Waals surface area (Å²) in [6, 6.07) is 11.9. The Kier molecular flexibility index (Phi) is 6.26. The standard InChI is InChI=1S/C19H21ClN4O3/c20-16-5-2-1-4-15(16)13-22-17-7-6-14(12-18(17)24(26)27)19(25)23-10-3-8-21-9-11-23/h1-2,4-7,12,21-22H,3,8-11,13H2. The van der Waals surface area contributed by atoms with Crippen LogP contribution in [0.1, 0.15) is 22.3 Å². The molecule has 0 spiro atoms. The normalized spacial score (nSPS) is 14.5. The summed E-state index contributed by atoms with van der Waals surface area (Å²) >= 11 is 6.13. The molecule has 1 aliphatic heterocycles. The number of nitro groups is 1. The van der Waals surface area contributed by atoms with Crippen LogP contribution in [0.3, 0.4) is 0 Å². The number of carbonyl (C=O) groups excluding carboxylic acids is 1. The highest BCUT2D eigenvalue weighted by atomic mass is 35.5. The van der Waals surface area contributed by atoms with Crippen LogP contribution in [0.2, 0.25) is 5.02 Å². The third kappa shape index (κ3) is 4.75. The van der Waals surface area contributed by atoms with E-state index in [-0.39, 0.29) is 11.6 Å². The van der Waals surface area contributed by atoms with Gasteiger partial charge >= 0.3 is 0 Å². The van der Waals surface area contributed by atoms with Crippen molar-refractivity contribution in [2.24, 2.45) is 0 Å². The molecule has 0 aliphatic carbocycles. The van der Waals surface area contributed by atoms with Crippen LogP contribution >= 0.6 is 11.6 Å². The third-order valence-corrected chi connectivity index (χ3v) is 4.86. The zero-order valence-electron chi connectivity index (χ0n) is 14.8. The molecule has 2 aromatic rings. The minimum absolute atomic E-state index is 0.124. The molecule has 0 bridgehead atoms. The number of nitrogens with one attached hydrogen (secondary N) is 2. The SMILES string of the molecule is O=C(c1ccc(NCc2ccccc2Cl)c([N+](=O)[O-])c1)N1CCCNCC1. The van der Waals surface area contributed by atoms with Gasteiger partial charge in [0.2, 0.25) is 0 Å². The van der Waals surface area contributed by atoms with Crippen molar-refractivity contribution in [1.82, 2.24) is 10.2 Å². The van der Waals surface area contributed by atoms with E-state index in [4.69, 9.17) is 11.6 Å². The Hall–Kier alpha value is -2.64. The second-order valence-electron chi connectivity index (χ2n) is 6.33. The van der Waals surface area contributed by atoms with Gasteiger partial charge in [0.05, 0.1) is 4.92 Å². The number of carbonyl (C=O) groups is 1. The van der Waals surface area contributed by atoms with Crippen molar-refractivity contribution < 1.29 is 9.72 Å². The fraction of sp³-hybridized carbons (Fsp3) is 0.316. The number of hydrogen-bond acceptors (Lipinski definition) is 5. The van der Waals surface area contributed by atoms with Crippen LogP contribution in [0, 0.1) is 10.1 Å². The average molecular weight is 389 g/mol. The number of benzene rings is 2. The molecule has 7 nitrogen and oxygen atoms in total. The zero-order valence-corrected chi connectivity index (χ0v) is 15.5. The van der Waals surface area contributed by atoms with Crippen molar-refractivity contribution in [3.63, 3.8) is 0 Å². The van der Waals surface area contributed by atoms with Gasteiger partial charge in [-0.1, -0.05) is 29.8 Å². The summed E-state index contributed by atoms with van der Waals surface area (Å²) in [5, 5.41) is 18.4. The van der Waals surface area contributed by atoms with Crippen molar-refractivity contribution >= 4 is 28.9 Å². The molecule has 8 heteroatoms. The first kappa shape index (κ1) is 19.1. The first-order valence-electron chi connectivity index (χ1n) is 8.82. The van der Waals surface area contributed by atoms with E-state index in [2.05, 4.69) is 10.6 Å². The molecule has 1 amide bonds. The van der Waals surface area contributed by atoms with Gasteiger partial charge in [0.25, 0.3) is 11.6 Å². The van der Waals surface area contributed by atoms with Gasteiger partial charge in [-0.3, -0.25) is 14.9 Å². The van der Waals surface area contributed by atoms with E-state index in [1.54, 1.807) is 23.1 Å². The van der Waals surface area contributed by atoms with Gasteiger partial charge < -0.3 is 15.5 Å². The average Bonchev–Trinajstić information content (AvgIpc) is 2.96. The molecule has 2 N–H and O–H groups in total. The fourth-order valence-electron chi connectivity index (χ4n) is 3.03. The van der Waals surface area contributed by atoms with Crippen LogP contribution in [0.25, 0.3) is 0 Å². The minimum Gasteiger partial charge on any atom is -0.375 e. The van der Waals surface area contributed by atoms with Crippen molar-refractivity contribution in [2.75, 3.05) is 31.5 Å². The number of amides is 1. The van der Waals surface area contributed by atoms with Crippen LogP contribution in [0.4, 0.5) is 11.4 Å². The lowest BCUT2D eigenvalue weighted by molar-refractivity contribution is -0.384. The highest BCUT2D eigenvalue weighted by Crippen LogP contribution is 2.27. The topological polar surface area (TPSA) is 87.5 Å². The summed E-state index contributed by atoms with van der Waals surface area (Å²) < 4.78 is 0. The molecule has 0 atom stereocenters. The first-order chi connectivity index (χ1) is 13.1. The molecule has 0 radical (unpaired) electrons. The molecule has 1 aliphatic rings. The number of nitro benzene ring substituents is 1. The molecule has 0 unspecified atom stereocenters.